The highest BCUT2D eigenvalue weighted by Crippen LogP contribution is 2.31. The van der Waals surface area contributed by atoms with Gasteiger partial charge in [-0.15, -0.1) is 0 Å². The Hall–Kier alpha value is -1.04. The predicted octanol–water partition coefficient (Wildman–Crippen LogP) is 1.65. The lowest BCUT2D eigenvalue weighted by molar-refractivity contribution is -0.0829. The van der Waals surface area contributed by atoms with Gasteiger partial charge in [0, 0.05) is 46.0 Å². The molecule has 1 N–H and O–H groups in total. The molecule has 1 aromatic rings. The van der Waals surface area contributed by atoms with Crippen LogP contribution in [0.15, 0.2) is 12.3 Å². The van der Waals surface area contributed by atoms with Gasteiger partial charge in [-0.1, -0.05) is 13.8 Å². The van der Waals surface area contributed by atoms with Crippen LogP contribution >= 0.6 is 0 Å². The second-order valence-corrected chi connectivity index (χ2v) is 6.05. The fourth-order valence-corrected chi connectivity index (χ4v) is 2.97. The minimum atomic E-state index is -0.591. The second-order valence-electron chi connectivity index (χ2n) is 6.05. The normalized spacial score (nSPS) is 27.0. The highest BCUT2D eigenvalue weighted by molar-refractivity contribution is 5.03. The maximum absolute atomic E-state index is 10.7. The first-order valence-electron chi connectivity index (χ1n) is 7.82. The van der Waals surface area contributed by atoms with Gasteiger partial charge in [-0.3, -0.25) is 4.90 Å². The molecule has 0 amide bonds. The van der Waals surface area contributed by atoms with E-state index in [-0.39, 0.29) is 5.92 Å². The Morgan fingerprint density at radius 1 is 1.52 bits per heavy atom. The number of nitrogens with zero attached hydrogens (tertiary/aromatic N) is 3. The van der Waals surface area contributed by atoms with Crippen molar-refractivity contribution < 1.29 is 9.84 Å². The summed E-state index contributed by atoms with van der Waals surface area (Å²) in [6.07, 6.45) is 4.21. The van der Waals surface area contributed by atoms with Crippen LogP contribution in [0.1, 0.15) is 38.2 Å². The molecule has 1 saturated heterocycles. The summed E-state index contributed by atoms with van der Waals surface area (Å²) in [5.41, 5.74) is 0.476. The molecule has 2 atom stereocenters. The van der Waals surface area contributed by atoms with E-state index in [2.05, 4.69) is 28.7 Å². The van der Waals surface area contributed by atoms with Crippen molar-refractivity contribution in [1.29, 1.82) is 0 Å². The van der Waals surface area contributed by atoms with Gasteiger partial charge in [0.15, 0.2) is 0 Å². The van der Waals surface area contributed by atoms with Gasteiger partial charge in [-0.2, -0.15) is 0 Å². The first-order chi connectivity index (χ1) is 10.1. The summed E-state index contributed by atoms with van der Waals surface area (Å²) in [7, 11) is 1.68. The van der Waals surface area contributed by atoms with E-state index in [0.29, 0.717) is 13.0 Å². The van der Waals surface area contributed by atoms with Gasteiger partial charge in [0.05, 0.1) is 11.3 Å². The average Bonchev–Trinajstić information content (AvgIpc) is 2.49. The molecule has 2 rings (SSSR count). The number of aromatic nitrogens is 2. The van der Waals surface area contributed by atoms with Gasteiger partial charge in [0.1, 0.15) is 5.82 Å². The van der Waals surface area contributed by atoms with Gasteiger partial charge in [-0.05, 0) is 24.8 Å². The number of methoxy groups -OCH3 is 1. The van der Waals surface area contributed by atoms with Crippen LogP contribution in [-0.2, 0) is 17.7 Å². The number of likely N-dealkylation sites (tertiary alicyclic amines) is 1. The van der Waals surface area contributed by atoms with Gasteiger partial charge >= 0.3 is 0 Å². The number of hydrogen-bond acceptors (Lipinski definition) is 5. The van der Waals surface area contributed by atoms with Crippen LogP contribution in [0.2, 0.25) is 0 Å². The third kappa shape index (κ3) is 4.22. The van der Waals surface area contributed by atoms with E-state index in [9.17, 15) is 5.11 Å². The summed E-state index contributed by atoms with van der Waals surface area (Å²) < 4.78 is 5.12. The number of aliphatic hydroxyl groups is 1. The Morgan fingerprint density at radius 2 is 2.33 bits per heavy atom. The number of aryl methyl sites for hydroxylation is 1. The van der Waals surface area contributed by atoms with E-state index in [1.807, 2.05) is 12.3 Å². The SMILES string of the molecule is CCc1nccc(CN2CC[C@@](O)(CCOC)[C@H](C)C2)n1. The van der Waals surface area contributed by atoms with Crippen molar-refractivity contribution in [2.24, 2.45) is 5.92 Å². The number of piperidine rings is 1. The molecule has 0 spiro atoms. The van der Waals surface area contributed by atoms with E-state index < -0.39 is 5.60 Å². The van der Waals surface area contributed by atoms with Gasteiger partial charge in [0.2, 0.25) is 0 Å². The van der Waals surface area contributed by atoms with Crippen molar-refractivity contribution >= 4 is 0 Å². The fraction of sp³-hybridized carbons (Fsp3) is 0.750. The van der Waals surface area contributed by atoms with Crippen molar-refractivity contribution in [2.75, 3.05) is 26.8 Å². The Balaban J connectivity index is 1.93. The van der Waals surface area contributed by atoms with Crippen LogP contribution in [-0.4, -0.2) is 52.4 Å². The molecule has 0 aromatic carbocycles. The lowest BCUT2D eigenvalue weighted by atomic mass is 9.80. The van der Waals surface area contributed by atoms with Crippen LogP contribution in [0.5, 0.6) is 0 Å². The first-order valence-corrected chi connectivity index (χ1v) is 7.82. The van der Waals surface area contributed by atoms with E-state index in [4.69, 9.17) is 4.74 Å². The topological polar surface area (TPSA) is 58.5 Å². The van der Waals surface area contributed by atoms with Crippen molar-refractivity contribution in [3.63, 3.8) is 0 Å². The fourth-order valence-electron chi connectivity index (χ4n) is 2.97. The summed E-state index contributed by atoms with van der Waals surface area (Å²) in [4.78, 5) is 11.2. The highest BCUT2D eigenvalue weighted by Gasteiger charge is 2.38. The number of ether oxygens (including phenoxy) is 1. The van der Waals surface area contributed by atoms with Crippen LogP contribution in [0.3, 0.4) is 0 Å². The molecule has 1 aliphatic rings. The second kappa shape index (κ2) is 7.29. The minimum absolute atomic E-state index is 0.244. The summed E-state index contributed by atoms with van der Waals surface area (Å²) in [5, 5.41) is 10.7. The van der Waals surface area contributed by atoms with Gasteiger partial charge in [-0.25, -0.2) is 9.97 Å². The molecular weight excluding hydrogens is 266 g/mol. The summed E-state index contributed by atoms with van der Waals surface area (Å²) in [5.74, 6) is 1.14. The molecule has 0 bridgehead atoms. The Kier molecular flexibility index (Phi) is 5.67. The molecule has 5 nitrogen and oxygen atoms in total. The first kappa shape index (κ1) is 16.3. The lowest BCUT2D eigenvalue weighted by Gasteiger charge is -2.43. The van der Waals surface area contributed by atoms with E-state index in [1.54, 1.807) is 7.11 Å². The summed E-state index contributed by atoms with van der Waals surface area (Å²) >= 11 is 0. The third-order valence-electron chi connectivity index (χ3n) is 4.51. The molecule has 0 saturated carbocycles. The van der Waals surface area contributed by atoms with Crippen molar-refractivity contribution in [2.45, 2.75) is 45.3 Å². The zero-order valence-corrected chi connectivity index (χ0v) is 13.4. The maximum atomic E-state index is 10.7. The number of hydrogen-bond donors (Lipinski definition) is 1. The molecule has 118 valence electrons. The minimum Gasteiger partial charge on any atom is -0.389 e. The summed E-state index contributed by atoms with van der Waals surface area (Å²) in [6, 6.07) is 1.98. The molecule has 1 aliphatic heterocycles. The molecule has 21 heavy (non-hydrogen) atoms. The van der Waals surface area contributed by atoms with Crippen molar-refractivity contribution in [3.05, 3.63) is 23.8 Å². The van der Waals surface area contributed by atoms with Gasteiger partial charge < -0.3 is 9.84 Å². The van der Waals surface area contributed by atoms with E-state index in [1.165, 1.54) is 0 Å². The zero-order chi connectivity index (χ0) is 15.3. The smallest absolute Gasteiger partial charge is 0.128 e. The Morgan fingerprint density at radius 3 is 3.00 bits per heavy atom. The summed E-state index contributed by atoms with van der Waals surface area (Å²) in [6.45, 7) is 7.44. The highest BCUT2D eigenvalue weighted by atomic mass is 16.5. The average molecular weight is 293 g/mol. The van der Waals surface area contributed by atoms with Gasteiger partial charge in [0.25, 0.3) is 0 Å². The molecule has 0 radical (unpaired) electrons. The van der Waals surface area contributed by atoms with E-state index in [0.717, 1.165) is 44.0 Å². The zero-order valence-electron chi connectivity index (χ0n) is 13.4. The molecule has 2 heterocycles. The van der Waals surface area contributed by atoms with Crippen LogP contribution < -0.4 is 0 Å². The lowest BCUT2D eigenvalue weighted by Crippen LogP contribution is -2.51. The molecular formula is C16H27N3O2. The molecule has 0 unspecified atom stereocenters. The maximum Gasteiger partial charge on any atom is 0.128 e. The predicted molar refractivity (Wildman–Crippen MR) is 81.9 cm³/mol. The number of rotatable bonds is 6. The standard InChI is InChI=1S/C16H27N3O2/c1-4-15-17-8-5-14(18-15)12-19-9-6-16(20,7-10-21-3)13(2)11-19/h5,8,13,20H,4,6-7,9-12H2,1-3H3/t13-,16-/m1/s1. The van der Waals surface area contributed by atoms with Crippen LogP contribution in [0, 0.1) is 5.92 Å². The molecule has 1 fully saturated rings. The van der Waals surface area contributed by atoms with E-state index >= 15 is 0 Å². The Labute approximate surface area is 127 Å². The quantitative estimate of drug-likeness (QED) is 0.864. The molecule has 0 aliphatic carbocycles. The van der Waals surface area contributed by atoms with Crippen LogP contribution in [0.25, 0.3) is 0 Å². The third-order valence-corrected chi connectivity index (χ3v) is 4.51. The van der Waals surface area contributed by atoms with Crippen molar-refractivity contribution in [1.82, 2.24) is 14.9 Å². The Bertz CT molecular complexity index is 455. The largest absolute Gasteiger partial charge is 0.389 e. The van der Waals surface area contributed by atoms with Crippen LogP contribution in [0.4, 0.5) is 0 Å². The molecule has 5 heteroatoms. The monoisotopic (exact) mass is 293 g/mol. The van der Waals surface area contributed by atoms with Crippen molar-refractivity contribution in [3.8, 4) is 0 Å². The molecule has 1 aromatic heterocycles.